The van der Waals surface area contributed by atoms with Gasteiger partial charge in [0.2, 0.25) is 0 Å². The van der Waals surface area contributed by atoms with Gasteiger partial charge in [-0.15, -0.1) is 0 Å². The van der Waals surface area contributed by atoms with Gasteiger partial charge in [0, 0.05) is 17.2 Å². The maximum atomic E-state index is 11.9. The van der Waals surface area contributed by atoms with Crippen molar-refractivity contribution in [1.82, 2.24) is 9.88 Å². The molecule has 0 spiro atoms. The van der Waals surface area contributed by atoms with Gasteiger partial charge in [0.25, 0.3) is 0 Å². The number of likely N-dealkylation sites (N-methyl/N-ethyl adjacent to an activating group) is 1. The van der Waals surface area contributed by atoms with E-state index in [9.17, 15) is 4.79 Å². The van der Waals surface area contributed by atoms with Crippen LogP contribution in [0, 0.1) is 0 Å². The predicted molar refractivity (Wildman–Crippen MR) is 75.6 cm³/mol. The van der Waals surface area contributed by atoms with E-state index < -0.39 is 0 Å². The lowest BCUT2D eigenvalue weighted by molar-refractivity contribution is 0.0938. The van der Waals surface area contributed by atoms with Gasteiger partial charge in [-0.3, -0.25) is 9.69 Å². The van der Waals surface area contributed by atoms with E-state index in [0.29, 0.717) is 12.2 Å². The molecule has 0 amide bonds. The summed E-state index contributed by atoms with van der Waals surface area (Å²) in [5.74, 6) is 0.111. The highest BCUT2D eigenvalue weighted by Gasteiger charge is 2.10. The van der Waals surface area contributed by atoms with Gasteiger partial charge >= 0.3 is 0 Å². The number of halogens is 1. The SMILES string of the molecule is CN(CC(=O)c1ccc[nH]1)Cc1ccc(Br)cc1. The Labute approximate surface area is 115 Å². The Morgan fingerprint density at radius 1 is 1.28 bits per heavy atom. The molecule has 0 atom stereocenters. The molecule has 0 aliphatic rings. The molecule has 2 rings (SSSR count). The van der Waals surface area contributed by atoms with E-state index in [1.807, 2.05) is 30.1 Å². The topological polar surface area (TPSA) is 36.1 Å². The van der Waals surface area contributed by atoms with E-state index in [1.165, 1.54) is 5.56 Å². The molecular weight excluding hydrogens is 292 g/mol. The number of aromatic amines is 1. The number of nitrogens with zero attached hydrogens (tertiary/aromatic N) is 1. The molecule has 0 unspecified atom stereocenters. The van der Waals surface area contributed by atoms with Crippen LogP contribution in [0.4, 0.5) is 0 Å². The Kier molecular flexibility index (Phi) is 4.33. The number of Topliss-reactive ketones (excluding diaryl/α,β-unsaturated/α-hetero) is 1. The molecule has 2 aromatic rings. The van der Waals surface area contributed by atoms with Gasteiger partial charge < -0.3 is 4.98 Å². The predicted octanol–water partition coefficient (Wildman–Crippen LogP) is 3.09. The molecule has 18 heavy (non-hydrogen) atoms. The van der Waals surface area contributed by atoms with Crippen LogP contribution < -0.4 is 0 Å². The van der Waals surface area contributed by atoms with Crippen molar-refractivity contribution < 1.29 is 4.79 Å². The number of aromatic nitrogens is 1. The monoisotopic (exact) mass is 306 g/mol. The fraction of sp³-hybridized carbons (Fsp3) is 0.214. The molecule has 1 aromatic heterocycles. The molecule has 4 heteroatoms. The summed E-state index contributed by atoms with van der Waals surface area (Å²) in [4.78, 5) is 16.8. The lowest BCUT2D eigenvalue weighted by Gasteiger charge is -2.15. The first-order chi connectivity index (χ1) is 8.65. The zero-order valence-electron chi connectivity index (χ0n) is 10.2. The first kappa shape index (κ1) is 13.1. The van der Waals surface area contributed by atoms with Crippen molar-refractivity contribution in [3.05, 3.63) is 58.3 Å². The first-order valence-corrected chi connectivity index (χ1v) is 6.54. The Morgan fingerprint density at radius 3 is 2.61 bits per heavy atom. The van der Waals surface area contributed by atoms with E-state index in [1.54, 1.807) is 12.3 Å². The Balaban J connectivity index is 1.90. The summed E-state index contributed by atoms with van der Waals surface area (Å²) >= 11 is 3.41. The van der Waals surface area contributed by atoms with Crippen molar-refractivity contribution in [2.45, 2.75) is 6.54 Å². The van der Waals surface area contributed by atoms with Crippen LogP contribution in [-0.4, -0.2) is 29.3 Å². The molecule has 0 radical (unpaired) electrons. The largest absolute Gasteiger partial charge is 0.359 e. The number of carbonyl (C=O) groups excluding carboxylic acids is 1. The molecular formula is C14H15BrN2O. The third-order valence-corrected chi connectivity index (χ3v) is 3.21. The van der Waals surface area contributed by atoms with Crippen molar-refractivity contribution in [2.24, 2.45) is 0 Å². The average molecular weight is 307 g/mol. The number of ketones is 1. The van der Waals surface area contributed by atoms with E-state index in [4.69, 9.17) is 0 Å². The standard InChI is InChI=1S/C14H15BrN2O/c1-17(9-11-4-6-12(15)7-5-11)10-14(18)13-3-2-8-16-13/h2-8,16H,9-10H2,1H3. The molecule has 3 nitrogen and oxygen atoms in total. The summed E-state index contributed by atoms with van der Waals surface area (Å²) < 4.78 is 1.07. The third kappa shape index (κ3) is 3.55. The fourth-order valence-corrected chi connectivity index (χ4v) is 2.06. The smallest absolute Gasteiger partial charge is 0.192 e. The van der Waals surface area contributed by atoms with Crippen LogP contribution in [-0.2, 0) is 6.54 Å². The fourth-order valence-electron chi connectivity index (χ4n) is 1.79. The number of hydrogen-bond donors (Lipinski definition) is 1. The lowest BCUT2D eigenvalue weighted by Crippen LogP contribution is -2.25. The van der Waals surface area contributed by atoms with Gasteiger partial charge in [0.15, 0.2) is 5.78 Å². The van der Waals surface area contributed by atoms with Gasteiger partial charge in [-0.05, 0) is 36.9 Å². The van der Waals surface area contributed by atoms with Crippen molar-refractivity contribution >= 4 is 21.7 Å². The highest BCUT2D eigenvalue weighted by Crippen LogP contribution is 2.12. The van der Waals surface area contributed by atoms with Gasteiger partial charge in [0.05, 0.1) is 12.2 Å². The summed E-state index contributed by atoms with van der Waals surface area (Å²) in [6.45, 7) is 1.18. The summed E-state index contributed by atoms with van der Waals surface area (Å²) in [6, 6.07) is 11.8. The summed E-state index contributed by atoms with van der Waals surface area (Å²) in [5.41, 5.74) is 1.86. The molecule has 0 saturated carbocycles. The van der Waals surface area contributed by atoms with Crippen molar-refractivity contribution in [2.75, 3.05) is 13.6 Å². The Morgan fingerprint density at radius 2 is 2.00 bits per heavy atom. The van der Waals surface area contributed by atoms with Gasteiger partial charge in [-0.25, -0.2) is 0 Å². The summed E-state index contributed by atoms with van der Waals surface area (Å²) in [7, 11) is 1.95. The quantitative estimate of drug-likeness (QED) is 0.862. The molecule has 94 valence electrons. The highest BCUT2D eigenvalue weighted by molar-refractivity contribution is 9.10. The number of hydrogen-bond acceptors (Lipinski definition) is 2. The number of benzene rings is 1. The molecule has 1 N–H and O–H groups in total. The normalized spacial score (nSPS) is 10.8. The van der Waals surface area contributed by atoms with Gasteiger partial charge in [-0.2, -0.15) is 0 Å². The lowest BCUT2D eigenvalue weighted by atomic mass is 10.2. The van der Waals surface area contributed by atoms with Crippen LogP contribution in [0.5, 0.6) is 0 Å². The Hall–Kier alpha value is -1.39. The number of nitrogens with one attached hydrogen (secondary N) is 1. The van der Waals surface area contributed by atoms with Crippen molar-refractivity contribution in [3.8, 4) is 0 Å². The molecule has 0 saturated heterocycles. The molecule has 0 bridgehead atoms. The van der Waals surface area contributed by atoms with Gasteiger partial charge in [-0.1, -0.05) is 28.1 Å². The van der Waals surface area contributed by atoms with Crippen molar-refractivity contribution in [1.29, 1.82) is 0 Å². The zero-order chi connectivity index (χ0) is 13.0. The molecule has 0 fully saturated rings. The number of rotatable bonds is 5. The summed E-state index contributed by atoms with van der Waals surface area (Å²) in [6.07, 6.45) is 1.77. The van der Waals surface area contributed by atoms with Crippen LogP contribution in [0.15, 0.2) is 47.1 Å². The molecule has 0 aliphatic carbocycles. The average Bonchev–Trinajstić information content (AvgIpc) is 2.85. The second kappa shape index (κ2) is 5.98. The van der Waals surface area contributed by atoms with E-state index >= 15 is 0 Å². The van der Waals surface area contributed by atoms with Crippen LogP contribution in [0.2, 0.25) is 0 Å². The van der Waals surface area contributed by atoms with E-state index in [0.717, 1.165) is 11.0 Å². The van der Waals surface area contributed by atoms with Crippen LogP contribution in [0.25, 0.3) is 0 Å². The van der Waals surface area contributed by atoms with Crippen LogP contribution in [0.3, 0.4) is 0 Å². The number of carbonyl (C=O) groups is 1. The minimum Gasteiger partial charge on any atom is -0.359 e. The number of H-pyrrole nitrogens is 1. The molecule has 1 heterocycles. The molecule has 0 aliphatic heterocycles. The van der Waals surface area contributed by atoms with E-state index in [-0.39, 0.29) is 5.78 Å². The minimum atomic E-state index is 0.111. The molecule has 1 aromatic carbocycles. The maximum absolute atomic E-state index is 11.9. The van der Waals surface area contributed by atoms with E-state index in [2.05, 4.69) is 33.0 Å². The second-order valence-electron chi connectivity index (χ2n) is 4.31. The van der Waals surface area contributed by atoms with Crippen LogP contribution >= 0.6 is 15.9 Å². The highest BCUT2D eigenvalue weighted by atomic mass is 79.9. The van der Waals surface area contributed by atoms with Crippen LogP contribution in [0.1, 0.15) is 16.1 Å². The first-order valence-electron chi connectivity index (χ1n) is 5.75. The third-order valence-electron chi connectivity index (χ3n) is 2.68. The minimum absolute atomic E-state index is 0.111. The maximum Gasteiger partial charge on any atom is 0.192 e. The van der Waals surface area contributed by atoms with Crippen molar-refractivity contribution in [3.63, 3.8) is 0 Å². The zero-order valence-corrected chi connectivity index (χ0v) is 11.8. The second-order valence-corrected chi connectivity index (χ2v) is 5.22. The summed E-state index contributed by atoms with van der Waals surface area (Å²) in [5, 5.41) is 0. The Bertz CT molecular complexity index is 505. The van der Waals surface area contributed by atoms with Gasteiger partial charge in [0.1, 0.15) is 0 Å².